The van der Waals surface area contributed by atoms with Crippen LogP contribution in [0.4, 0.5) is 0 Å². The Labute approximate surface area is 72.7 Å². The maximum atomic E-state index is 11.2. The normalized spacial score (nSPS) is 9.50. The minimum absolute atomic E-state index is 0.0411. The van der Waals surface area contributed by atoms with Crippen LogP contribution in [0.15, 0.2) is 0 Å². The molecule has 0 aliphatic rings. The van der Waals surface area contributed by atoms with Crippen LogP contribution in [0.1, 0.15) is 26.7 Å². The molecule has 0 aromatic carbocycles. The number of carbonyl (C=O) groups is 2. The zero-order valence-electron chi connectivity index (χ0n) is 7.59. The number of nitrogens with one attached hydrogen (secondary N) is 1. The molecule has 0 aromatic rings. The van der Waals surface area contributed by atoms with Crippen molar-refractivity contribution in [2.24, 2.45) is 0 Å². The molecular formula is C8H15N2O2. The SMILES string of the molecule is CCCC(=O)N(CC)CC([NH])=O. The Kier molecular flexibility index (Phi) is 5.08. The summed E-state index contributed by atoms with van der Waals surface area (Å²) in [6, 6.07) is 0. The van der Waals surface area contributed by atoms with Gasteiger partial charge in [-0.3, -0.25) is 15.3 Å². The van der Waals surface area contributed by atoms with Crippen LogP contribution >= 0.6 is 0 Å². The van der Waals surface area contributed by atoms with Crippen LogP contribution in [0, 0.1) is 0 Å². The average Bonchev–Trinajstić information content (AvgIpc) is 2.00. The summed E-state index contributed by atoms with van der Waals surface area (Å²) in [5, 5.41) is 0. The highest BCUT2D eigenvalue weighted by Crippen LogP contribution is 1.96. The number of rotatable bonds is 5. The predicted octanol–water partition coefficient (Wildman–Crippen LogP) is 0.444. The van der Waals surface area contributed by atoms with Crippen LogP contribution in [0.5, 0.6) is 0 Å². The molecule has 0 bridgehead atoms. The van der Waals surface area contributed by atoms with Crippen molar-refractivity contribution < 1.29 is 9.59 Å². The summed E-state index contributed by atoms with van der Waals surface area (Å²) >= 11 is 0. The first kappa shape index (κ1) is 10.9. The molecule has 0 aromatic heterocycles. The van der Waals surface area contributed by atoms with E-state index in [1.165, 1.54) is 4.90 Å². The van der Waals surface area contributed by atoms with Crippen LogP contribution in [0.2, 0.25) is 0 Å². The highest BCUT2D eigenvalue weighted by atomic mass is 16.2. The molecule has 0 atom stereocenters. The second-order valence-corrected chi connectivity index (χ2v) is 2.58. The van der Waals surface area contributed by atoms with Crippen LogP contribution in [0.3, 0.4) is 0 Å². The summed E-state index contributed by atoms with van der Waals surface area (Å²) in [6.07, 6.45) is 1.24. The predicted molar refractivity (Wildman–Crippen MR) is 45.3 cm³/mol. The lowest BCUT2D eigenvalue weighted by molar-refractivity contribution is -0.135. The van der Waals surface area contributed by atoms with E-state index in [0.29, 0.717) is 13.0 Å². The molecule has 4 nitrogen and oxygen atoms in total. The third-order valence-electron chi connectivity index (χ3n) is 1.53. The van der Waals surface area contributed by atoms with Crippen molar-refractivity contribution in [1.29, 1.82) is 0 Å². The van der Waals surface area contributed by atoms with Crippen LogP contribution < -0.4 is 5.73 Å². The van der Waals surface area contributed by atoms with Gasteiger partial charge in [0.05, 0.1) is 0 Å². The van der Waals surface area contributed by atoms with Gasteiger partial charge >= 0.3 is 0 Å². The first-order valence-electron chi connectivity index (χ1n) is 4.14. The molecule has 0 heterocycles. The monoisotopic (exact) mass is 171 g/mol. The summed E-state index contributed by atoms with van der Waals surface area (Å²) in [7, 11) is 0. The second kappa shape index (κ2) is 5.57. The van der Waals surface area contributed by atoms with Gasteiger partial charge in [-0.05, 0) is 13.3 Å². The summed E-state index contributed by atoms with van der Waals surface area (Å²) < 4.78 is 0. The number of hydrogen-bond donors (Lipinski definition) is 0. The van der Waals surface area contributed by atoms with E-state index in [-0.39, 0.29) is 12.5 Å². The molecule has 0 saturated carbocycles. The molecule has 4 heteroatoms. The second-order valence-electron chi connectivity index (χ2n) is 2.58. The van der Waals surface area contributed by atoms with Crippen LogP contribution in [-0.2, 0) is 9.59 Å². The van der Waals surface area contributed by atoms with Gasteiger partial charge in [0, 0.05) is 13.0 Å². The van der Waals surface area contributed by atoms with Crippen molar-refractivity contribution in [2.45, 2.75) is 26.7 Å². The Morgan fingerprint density at radius 1 is 1.33 bits per heavy atom. The molecule has 1 radical (unpaired) electrons. The van der Waals surface area contributed by atoms with E-state index in [2.05, 4.69) is 0 Å². The topological polar surface area (TPSA) is 61.2 Å². The van der Waals surface area contributed by atoms with E-state index in [1.807, 2.05) is 6.92 Å². The number of amides is 2. The Bertz CT molecular complexity index is 168. The van der Waals surface area contributed by atoms with E-state index in [1.54, 1.807) is 6.92 Å². The molecule has 2 amide bonds. The Hall–Kier alpha value is -1.06. The smallest absolute Gasteiger partial charge is 0.257 e. The van der Waals surface area contributed by atoms with E-state index >= 15 is 0 Å². The van der Waals surface area contributed by atoms with Crippen LogP contribution in [-0.4, -0.2) is 29.8 Å². The van der Waals surface area contributed by atoms with Gasteiger partial charge < -0.3 is 4.90 Å². The molecule has 0 aliphatic heterocycles. The average molecular weight is 171 g/mol. The van der Waals surface area contributed by atoms with E-state index in [4.69, 9.17) is 5.73 Å². The van der Waals surface area contributed by atoms with Gasteiger partial charge in [-0.2, -0.15) is 0 Å². The Balaban J connectivity index is 3.96. The molecule has 0 spiro atoms. The molecule has 0 fully saturated rings. The fraction of sp³-hybridized carbons (Fsp3) is 0.750. The maximum absolute atomic E-state index is 11.2. The van der Waals surface area contributed by atoms with Crippen molar-refractivity contribution in [2.75, 3.05) is 13.1 Å². The zero-order chi connectivity index (χ0) is 9.56. The molecule has 69 valence electrons. The van der Waals surface area contributed by atoms with Crippen molar-refractivity contribution in [3.8, 4) is 0 Å². The lowest BCUT2D eigenvalue weighted by Gasteiger charge is -2.17. The molecule has 12 heavy (non-hydrogen) atoms. The molecule has 0 aliphatic carbocycles. The summed E-state index contributed by atoms with van der Waals surface area (Å²) in [5.41, 5.74) is 6.70. The third-order valence-corrected chi connectivity index (χ3v) is 1.53. The van der Waals surface area contributed by atoms with Gasteiger partial charge in [-0.15, -0.1) is 0 Å². The van der Waals surface area contributed by atoms with E-state index in [9.17, 15) is 9.59 Å². The molecular weight excluding hydrogens is 156 g/mol. The first-order chi connectivity index (χ1) is 5.61. The Morgan fingerprint density at radius 2 is 1.92 bits per heavy atom. The van der Waals surface area contributed by atoms with Crippen LogP contribution in [0.25, 0.3) is 0 Å². The lowest BCUT2D eigenvalue weighted by Crippen LogP contribution is -2.35. The molecule has 0 unspecified atom stereocenters. The minimum atomic E-state index is -0.707. The summed E-state index contributed by atoms with van der Waals surface area (Å²) in [5.74, 6) is -0.748. The summed E-state index contributed by atoms with van der Waals surface area (Å²) in [6.45, 7) is 4.14. The third kappa shape index (κ3) is 3.95. The summed E-state index contributed by atoms with van der Waals surface area (Å²) in [4.78, 5) is 23.0. The Morgan fingerprint density at radius 3 is 2.25 bits per heavy atom. The molecule has 0 saturated heterocycles. The standard InChI is InChI=1S/C8H15N2O2/c1-3-5-8(12)10(4-2)6-7(9)11/h9H,3-6H2,1-2H3. The van der Waals surface area contributed by atoms with Gasteiger partial charge in [0.2, 0.25) is 5.91 Å². The van der Waals surface area contributed by atoms with Gasteiger partial charge in [0.15, 0.2) is 0 Å². The van der Waals surface area contributed by atoms with Crippen molar-refractivity contribution in [1.82, 2.24) is 10.6 Å². The minimum Gasteiger partial charge on any atom is -0.334 e. The number of nitrogens with zero attached hydrogens (tertiary/aromatic N) is 1. The maximum Gasteiger partial charge on any atom is 0.257 e. The fourth-order valence-corrected chi connectivity index (χ4v) is 0.922. The highest BCUT2D eigenvalue weighted by molar-refractivity contribution is 5.83. The van der Waals surface area contributed by atoms with Gasteiger partial charge in [-0.25, -0.2) is 0 Å². The van der Waals surface area contributed by atoms with Crippen molar-refractivity contribution in [3.05, 3.63) is 0 Å². The molecule has 1 N–H and O–H groups in total. The molecule has 0 rings (SSSR count). The number of carbonyl (C=O) groups excluding carboxylic acids is 2. The fourth-order valence-electron chi connectivity index (χ4n) is 0.922. The van der Waals surface area contributed by atoms with Gasteiger partial charge in [0.1, 0.15) is 6.54 Å². The van der Waals surface area contributed by atoms with Gasteiger partial charge in [-0.1, -0.05) is 6.92 Å². The zero-order valence-corrected chi connectivity index (χ0v) is 7.59. The first-order valence-corrected chi connectivity index (χ1v) is 4.14. The van der Waals surface area contributed by atoms with E-state index in [0.717, 1.165) is 6.42 Å². The highest BCUT2D eigenvalue weighted by Gasteiger charge is 2.12. The largest absolute Gasteiger partial charge is 0.334 e. The van der Waals surface area contributed by atoms with Crippen molar-refractivity contribution in [3.63, 3.8) is 0 Å². The number of hydrogen-bond acceptors (Lipinski definition) is 2. The quantitative estimate of drug-likeness (QED) is 0.602. The van der Waals surface area contributed by atoms with Crippen molar-refractivity contribution >= 4 is 11.8 Å². The lowest BCUT2D eigenvalue weighted by atomic mass is 10.3. The van der Waals surface area contributed by atoms with Gasteiger partial charge in [0.25, 0.3) is 5.91 Å². The number of likely N-dealkylation sites (N-methyl/N-ethyl adjacent to an activating group) is 1. The van der Waals surface area contributed by atoms with E-state index < -0.39 is 5.91 Å².